The van der Waals surface area contributed by atoms with E-state index in [1.165, 1.54) is 0 Å². The first-order chi connectivity index (χ1) is 6.97. The molecule has 0 fully saturated rings. The molecule has 0 aliphatic heterocycles. The van der Waals surface area contributed by atoms with Gasteiger partial charge >= 0.3 is 11.9 Å². The zero-order valence-corrected chi connectivity index (χ0v) is 7.31. The lowest BCUT2D eigenvalue weighted by Crippen LogP contribution is -2.40. The minimum atomic E-state index is -1.44. The molecule has 11 nitrogen and oxygen atoms in total. The fourth-order valence-corrected chi connectivity index (χ4v) is 0.310. The molecule has 0 unspecified atom stereocenters. The summed E-state index contributed by atoms with van der Waals surface area (Å²) < 4.78 is 0. The highest BCUT2D eigenvalue weighted by Gasteiger charge is 2.19. The Kier molecular flexibility index (Phi) is 4.79. The summed E-state index contributed by atoms with van der Waals surface area (Å²) in [6.45, 7) is 0. The lowest BCUT2D eigenvalue weighted by molar-refractivity contribution is -0.172. The van der Waals surface area contributed by atoms with E-state index in [9.17, 15) is 9.59 Å². The van der Waals surface area contributed by atoms with Gasteiger partial charge in [-0.2, -0.15) is 11.0 Å². The Hall–Kier alpha value is -2.72. The Morgan fingerprint density at radius 3 is 2.00 bits per heavy atom. The van der Waals surface area contributed by atoms with E-state index in [1.807, 2.05) is 0 Å². The van der Waals surface area contributed by atoms with Crippen LogP contribution in [-0.4, -0.2) is 23.9 Å². The predicted molar refractivity (Wildman–Crippen MR) is 46.2 cm³/mol. The summed E-state index contributed by atoms with van der Waals surface area (Å²) in [5.74, 6) is 0.711. The van der Waals surface area contributed by atoms with Crippen LogP contribution < -0.4 is 28.3 Å². The van der Waals surface area contributed by atoms with Crippen molar-refractivity contribution in [2.24, 2.45) is 22.4 Å². The molecule has 0 aliphatic rings. The zero-order chi connectivity index (χ0) is 11.8. The zero-order valence-electron chi connectivity index (χ0n) is 7.31. The van der Waals surface area contributed by atoms with Crippen molar-refractivity contribution >= 4 is 23.9 Å². The van der Waals surface area contributed by atoms with Gasteiger partial charge in [0.1, 0.15) is 0 Å². The van der Waals surface area contributed by atoms with Crippen LogP contribution in [-0.2, 0) is 19.3 Å². The smallest absolute Gasteiger partial charge is 0.368 e. The number of nitrogens with zero attached hydrogens (tertiary/aromatic N) is 1. The molecule has 0 spiro atoms. The van der Waals surface area contributed by atoms with Gasteiger partial charge in [-0.05, 0) is 0 Å². The highest BCUT2D eigenvalue weighted by atomic mass is 16.7. The van der Waals surface area contributed by atoms with Crippen molar-refractivity contribution in [2.45, 2.75) is 0 Å². The highest BCUT2D eigenvalue weighted by molar-refractivity contribution is 6.29. The Morgan fingerprint density at radius 2 is 1.60 bits per heavy atom. The summed E-state index contributed by atoms with van der Waals surface area (Å²) in [6, 6.07) is 0. The lowest BCUT2D eigenvalue weighted by atomic mass is 10.7. The Morgan fingerprint density at radius 1 is 1.13 bits per heavy atom. The average molecular weight is 219 g/mol. The number of nitrogens with one attached hydrogen (secondary N) is 3. The van der Waals surface area contributed by atoms with Crippen LogP contribution in [0.15, 0.2) is 5.10 Å². The molecule has 9 N–H and O–H groups in total. The first-order valence-electron chi connectivity index (χ1n) is 3.28. The molecule has 11 heteroatoms. The first kappa shape index (κ1) is 12.3. The van der Waals surface area contributed by atoms with Crippen LogP contribution in [0, 0.1) is 5.41 Å². The molecule has 0 bridgehead atoms. The van der Waals surface area contributed by atoms with Crippen molar-refractivity contribution in [3.63, 3.8) is 0 Å². The maximum atomic E-state index is 10.7. The molecule has 0 aromatic heterocycles. The van der Waals surface area contributed by atoms with Gasteiger partial charge in [0.2, 0.25) is 11.9 Å². The maximum Gasteiger partial charge on any atom is 0.443 e. The molecule has 0 aliphatic carbocycles. The fourth-order valence-electron chi connectivity index (χ4n) is 0.310. The third-order valence-corrected chi connectivity index (χ3v) is 0.808. The van der Waals surface area contributed by atoms with E-state index >= 15 is 0 Å². The van der Waals surface area contributed by atoms with Gasteiger partial charge in [-0.1, -0.05) is 0 Å². The molecule has 0 saturated heterocycles. The van der Waals surface area contributed by atoms with Crippen LogP contribution in [0.5, 0.6) is 0 Å². The number of hydrazone groups is 1. The Balaban J connectivity index is 3.90. The quantitative estimate of drug-likeness (QED) is 0.0777. The second kappa shape index (κ2) is 5.85. The van der Waals surface area contributed by atoms with Gasteiger partial charge in [0.15, 0.2) is 0 Å². The van der Waals surface area contributed by atoms with Crippen molar-refractivity contribution in [3.8, 4) is 0 Å². The van der Waals surface area contributed by atoms with Crippen molar-refractivity contribution in [1.29, 1.82) is 5.41 Å². The largest absolute Gasteiger partial charge is 0.443 e. The van der Waals surface area contributed by atoms with Gasteiger partial charge in [0.25, 0.3) is 0 Å². The van der Waals surface area contributed by atoms with E-state index in [-0.39, 0.29) is 0 Å². The van der Waals surface area contributed by atoms with Gasteiger partial charge in [0, 0.05) is 0 Å². The minimum absolute atomic E-state index is 0.421. The van der Waals surface area contributed by atoms with Crippen LogP contribution in [0.4, 0.5) is 0 Å². The van der Waals surface area contributed by atoms with Crippen LogP contribution in [0.2, 0.25) is 0 Å². The molecule has 0 radical (unpaired) electrons. The van der Waals surface area contributed by atoms with E-state index in [1.54, 1.807) is 11.0 Å². The number of guanidine groups is 2. The maximum absolute atomic E-state index is 10.7. The fraction of sp³-hybridized carbons (Fsp3) is 0. The lowest BCUT2D eigenvalue weighted by Gasteiger charge is -2.04. The first-order valence-corrected chi connectivity index (χ1v) is 3.28. The number of nitrogens with two attached hydrogens (primary N) is 3. The van der Waals surface area contributed by atoms with E-state index in [4.69, 9.17) is 16.9 Å². The topological polar surface area (TPSA) is 191 Å². The molecular weight excluding hydrogens is 210 g/mol. The second-order valence-electron chi connectivity index (χ2n) is 1.91. The molecule has 0 amide bonds. The van der Waals surface area contributed by atoms with Gasteiger partial charge in [0.05, 0.1) is 0 Å². The van der Waals surface area contributed by atoms with Crippen LogP contribution in [0.3, 0.4) is 0 Å². The molecule has 15 heavy (non-hydrogen) atoms. The Bertz CT molecular complexity index is 299. The van der Waals surface area contributed by atoms with Crippen molar-refractivity contribution < 1.29 is 19.3 Å². The standard InChI is InChI=1S/C4H9N7O4/c5-3(6)10-14-1(12)2(13)15-11-4(7)9-8/h8H2,(H4,5,6,10)(H3,7,9,11). The summed E-state index contributed by atoms with van der Waals surface area (Å²) in [6.07, 6.45) is 0. The molecule has 0 aromatic carbocycles. The summed E-state index contributed by atoms with van der Waals surface area (Å²) in [7, 11) is 0. The number of hydroxylamine groups is 2. The number of hydrogen-bond acceptors (Lipinski definition) is 7. The summed E-state index contributed by atoms with van der Waals surface area (Å²) in [5.41, 5.74) is 13.1. The van der Waals surface area contributed by atoms with Crippen molar-refractivity contribution in [2.75, 3.05) is 0 Å². The third kappa shape index (κ3) is 5.51. The van der Waals surface area contributed by atoms with E-state index < -0.39 is 23.9 Å². The van der Waals surface area contributed by atoms with Gasteiger partial charge < -0.3 is 27.0 Å². The monoisotopic (exact) mass is 219 g/mol. The van der Waals surface area contributed by atoms with Crippen molar-refractivity contribution in [3.05, 3.63) is 0 Å². The molecule has 0 rings (SSSR count). The van der Waals surface area contributed by atoms with E-state index in [2.05, 4.69) is 20.6 Å². The van der Waals surface area contributed by atoms with E-state index in [0.717, 1.165) is 0 Å². The number of carbonyl (C=O) groups is 2. The molecule has 0 heterocycles. The number of carbonyl (C=O) groups excluding carboxylic acids is 2. The summed E-state index contributed by atoms with van der Waals surface area (Å²) >= 11 is 0. The molecule has 0 atom stereocenters. The molecule has 84 valence electrons. The normalized spacial score (nSPS) is 10.0. The van der Waals surface area contributed by atoms with Crippen LogP contribution in [0.25, 0.3) is 0 Å². The van der Waals surface area contributed by atoms with Crippen LogP contribution in [0.1, 0.15) is 0 Å². The van der Waals surface area contributed by atoms with E-state index in [0.29, 0.717) is 0 Å². The summed E-state index contributed by atoms with van der Waals surface area (Å²) in [4.78, 5) is 29.4. The third-order valence-electron chi connectivity index (χ3n) is 0.808. The Labute approximate surface area is 83.0 Å². The number of hydrogen-bond donors (Lipinski definition) is 6. The minimum Gasteiger partial charge on any atom is -0.368 e. The molecule has 0 saturated carbocycles. The molecular formula is C4H9N7O4. The highest BCUT2D eigenvalue weighted by Crippen LogP contribution is 1.78. The predicted octanol–water partition coefficient (Wildman–Crippen LogP) is -3.84. The number of rotatable bonds is 0. The van der Waals surface area contributed by atoms with Crippen molar-refractivity contribution in [1.82, 2.24) is 11.0 Å². The average Bonchev–Trinajstić information content (AvgIpc) is 2.21. The second-order valence-corrected chi connectivity index (χ2v) is 1.91. The van der Waals surface area contributed by atoms with Crippen LogP contribution >= 0.6 is 0 Å². The summed E-state index contributed by atoms with van der Waals surface area (Å²) in [5, 5.41) is 9.47. The van der Waals surface area contributed by atoms with Gasteiger partial charge in [-0.15, -0.1) is 5.10 Å². The molecule has 0 aromatic rings. The SMILES string of the molecule is N=C(N)NOC(=O)C(=O)ONC(N)=NN. The van der Waals surface area contributed by atoms with Gasteiger partial charge in [-0.3, -0.25) is 5.41 Å². The van der Waals surface area contributed by atoms with Gasteiger partial charge in [-0.25, -0.2) is 9.59 Å².